The first kappa shape index (κ1) is 22.8. The van der Waals surface area contributed by atoms with E-state index < -0.39 is 0 Å². The van der Waals surface area contributed by atoms with Gasteiger partial charge >= 0.3 is 0 Å². The van der Waals surface area contributed by atoms with E-state index in [1.165, 1.54) is 11.8 Å². The van der Waals surface area contributed by atoms with Crippen molar-refractivity contribution in [3.05, 3.63) is 53.7 Å². The molecule has 1 saturated heterocycles. The summed E-state index contributed by atoms with van der Waals surface area (Å²) in [5.74, 6) is 0.402. The number of rotatable bonds is 7. The second-order valence-corrected chi connectivity index (χ2v) is 8.79. The summed E-state index contributed by atoms with van der Waals surface area (Å²) in [6, 6.07) is 11.3. The molecule has 1 unspecified atom stereocenters. The van der Waals surface area contributed by atoms with Gasteiger partial charge < -0.3 is 15.5 Å². The van der Waals surface area contributed by atoms with E-state index in [2.05, 4.69) is 15.6 Å². The van der Waals surface area contributed by atoms with Crippen LogP contribution in [-0.4, -0.2) is 52.2 Å². The lowest BCUT2D eigenvalue weighted by molar-refractivity contribution is -0.132. The van der Waals surface area contributed by atoms with Gasteiger partial charge in [-0.3, -0.25) is 14.4 Å². The van der Waals surface area contributed by atoms with Crippen LogP contribution < -0.4 is 10.6 Å². The highest BCUT2D eigenvalue weighted by Crippen LogP contribution is 2.20. The van der Waals surface area contributed by atoms with E-state index in [1.807, 2.05) is 44.2 Å². The minimum Gasteiger partial charge on any atom is -0.341 e. The van der Waals surface area contributed by atoms with Crippen LogP contribution in [0.3, 0.4) is 0 Å². The molecule has 164 valence electrons. The molecule has 0 aliphatic carbocycles. The Kier molecular flexibility index (Phi) is 8.06. The minimum absolute atomic E-state index is 0.0423. The first-order chi connectivity index (χ1) is 14.9. The molecule has 0 saturated carbocycles. The van der Waals surface area contributed by atoms with Gasteiger partial charge in [0.25, 0.3) is 0 Å². The van der Waals surface area contributed by atoms with E-state index >= 15 is 0 Å². The van der Waals surface area contributed by atoms with Gasteiger partial charge in [-0.15, -0.1) is 11.8 Å². The number of carbonyl (C=O) groups excluding carboxylic acids is 3. The number of nitrogens with one attached hydrogen (secondary N) is 2. The lowest BCUT2D eigenvalue weighted by atomic mass is 9.97. The van der Waals surface area contributed by atoms with Crippen molar-refractivity contribution in [2.45, 2.75) is 26.7 Å². The predicted molar refractivity (Wildman–Crippen MR) is 124 cm³/mol. The molecule has 2 aromatic rings. The van der Waals surface area contributed by atoms with Gasteiger partial charge in [-0.05, 0) is 56.0 Å². The SMILES string of the molecule is Cc1ccc(NC(=O)C2CCCN(C(=O)CSCC(=O)Nc3cccc(C)c3)C2)nc1. The number of piperidine rings is 1. The van der Waals surface area contributed by atoms with Crippen molar-refractivity contribution in [2.24, 2.45) is 5.92 Å². The molecule has 31 heavy (non-hydrogen) atoms. The maximum Gasteiger partial charge on any atom is 0.234 e. The second-order valence-electron chi connectivity index (χ2n) is 7.80. The Labute approximate surface area is 187 Å². The zero-order valence-electron chi connectivity index (χ0n) is 17.9. The second kappa shape index (κ2) is 10.9. The minimum atomic E-state index is -0.254. The topological polar surface area (TPSA) is 91.4 Å². The van der Waals surface area contributed by atoms with Crippen LogP contribution in [0.5, 0.6) is 0 Å². The van der Waals surface area contributed by atoms with Crippen LogP contribution in [0.25, 0.3) is 0 Å². The van der Waals surface area contributed by atoms with E-state index in [9.17, 15) is 14.4 Å². The van der Waals surface area contributed by atoms with E-state index in [0.29, 0.717) is 18.9 Å². The molecule has 3 amide bonds. The number of hydrogen-bond acceptors (Lipinski definition) is 5. The number of carbonyl (C=O) groups is 3. The standard InChI is InChI=1S/C23H28N4O3S/c1-16-5-3-7-19(11-16)25-21(28)14-31-15-22(29)27-10-4-6-18(13-27)23(30)26-20-9-8-17(2)12-24-20/h3,5,7-9,11-12,18H,4,6,10,13-15H2,1-2H3,(H,25,28)(H,24,26,30). The summed E-state index contributed by atoms with van der Waals surface area (Å²) < 4.78 is 0. The first-order valence-corrected chi connectivity index (χ1v) is 11.5. The molecule has 0 spiro atoms. The summed E-state index contributed by atoms with van der Waals surface area (Å²) >= 11 is 1.29. The Balaban J connectivity index is 1.42. The van der Waals surface area contributed by atoms with Crippen LogP contribution in [0.2, 0.25) is 0 Å². The summed E-state index contributed by atoms with van der Waals surface area (Å²) in [5.41, 5.74) is 2.85. The largest absolute Gasteiger partial charge is 0.341 e. The van der Waals surface area contributed by atoms with Gasteiger partial charge in [-0.25, -0.2) is 4.98 Å². The third-order valence-electron chi connectivity index (χ3n) is 5.07. The number of pyridine rings is 1. The Morgan fingerprint density at radius 1 is 1.10 bits per heavy atom. The van der Waals surface area contributed by atoms with E-state index in [4.69, 9.17) is 0 Å². The highest BCUT2D eigenvalue weighted by molar-refractivity contribution is 8.00. The van der Waals surface area contributed by atoms with Crippen LogP contribution in [0.15, 0.2) is 42.6 Å². The normalized spacial score (nSPS) is 15.9. The van der Waals surface area contributed by atoms with Crippen LogP contribution in [0.4, 0.5) is 11.5 Å². The summed E-state index contributed by atoms with van der Waals surface area (Å²) in [5, 5.41) is 5.68. The van der Waals surface area contributed by atoms with Crippen molar-refractivity contribution >= 4 is 41.0 Å². The fraction of sp³-hybridized carbons (Fsp3) is 0.391. The van der Waals surface area contributed by atoms with Crippen molar-refractivity contribution in [1.29, 1.82) is 0 Å². The predicted octanol–water partition coefficient (Wildman–Crippen LogP) is 3.25. The average molecular weight is 441 g/mol. The Hall–Kier alpha value is -2.87. The number of hydrogen-bond donors (Lipinski definition) is 2. The number of thioether (sulfide) groups is 1. The molecule has 1 fully saturated rings. The van der Waals surface area contributed by atoms with Gasteiger partial charge in [0.1, 0.15) is 5.82 Å². The van der Waals surface area contributed by atoms with Crippen molar-refractivity contribution in [1.82, 2.24) is 9.88 Å². The molecule has 1 aromatic carbocycles. The Morgan fingerprint density at radius 3 is 2.68 bits per heavy atom. The highest BCUT2D eigenvalue weighted by atomic mass is 32.2. The number of amides is 3. The average Bonchev–Trinajstić information content (AvgIpc) is 2.75. The lowest BCUT2D eigenvalue weighted by Gasteiger charge is -2.32. The number of benzene rings is 1. The molecular weight excluding hydrogens is 412 g/mol. The van der Waals surface area contributed by atoms with Gasteiger partial charge in [0.2, 0.25) is 17.7 Å². The fourth-order valence-electron chi connectivity index (χ4n) is 3.43. The molecule has 8 heteroatoms. The molecule has 0 bridgehead atoms. The summed E-state index contributed by atoms with van der Waals surface area (Å²) in [7, 11) is 0. The van der Waals surface area contributed by atoms with E-state index in [-0.39, 0.29) is 35.1 Å². The third-order valence-corrected chi connectivity index (χ3v) is 5.99. The highest BCUT2D eigenvalue weighted by Gasteiger charge is 2.28. The fourth-order valence-corrected chi connectivity index (χ4v) is 4.15. The first-order valence-electron chi connectivity index (χ1n) is 10.4. The van der Waals surface area contributed by atoms with Crippen LogP contribution in [-0.2, 0) is 14.4 Å². The van der Waals surface area contributed by atoms with Crippen molar-refractivity contribution in [3.63, 3.8) is 0 Å². The van der Waals surface area contributed by atoms with Crippen molar-refractivity contribution in [2.75, 3.05) is 35.2 Å². The molecule has 1 aromatic heterocycles. The van der Waals surface area contributed by atoms with Crippen molar-refractivity contribution < 1.29 is 14.4 Å². The summed E-state index contributed by atoms with van der Waals surface area (Å²) in [6.07, 6.45) is 3.23. The zero-order chi connectivity index (χ0) is 22.2. The monoisotopic (exact) mass is 440 g/mol. The molecule has 7 nitrogen and oxygen atoms in total. The van der Waals surface area contributed by atoms with Gasteiger partial charge in [-0.1, -0.05) is 18.2 Å². The Morgan fingerprint density at radius 2 is 1.94 bits per heavy atom. The number of aromatic nitrogens is 1. The molecule has 1 atom stereocenters. The van der Waals surface area contributed by atoms with Crippen LogP contribution in [0, 0.1) is 19.8 Å². The summed E-state index contributed by atoms with van der Waals surface area (Å²) in [4.78, 5) is 43.2. The van der Waals surface area contributed by atoms with Crippen molar-refractivity contribution in [3.8, 4) is 0 Å². The van der Waals surface area contributed by atoms with E-state index in [1.54, 1.807) is 17.2 Å². The van der Waals surface area contributed by atoms with E-state index in [0.717, 1.165) is 29.7 Å². The number of nitrogens with zero attached hydrogens (tertiary/aromatic N) is 2. The lowest BCUT2D eigenvalue weighted by Crippen LogP contribution is -2.44. The van der Waals surface area contributed by atoms with Crippen LogP contribution in [0.1, 0.15) is 24.0 Å². The van der Waals surface area contributed by atoms with Gasteiger partial charge in [0, 0.05) is 25.0 Å². The van der Waals surface area contributed by atoms with Gasteiger partial charge in [0.05, 0.1) is 17.4 Å². The number of likely N-dealkylation sites (tertiary alicyclic amines) is 1. The van der Waals surface area contributed by atoms with Gasteiger partial charge in [0.15, 0.2) is 0 Å². The third kappa shape index (κ3) is 7.10. The molecule has 3 rings (SSSR count). The zero-order valence-corrected chi connectivity index (χ0v) is 18.7. The smallest absolute Gasteiger partial charge is 0.234 e. The number of aryl methyl sites for hydroxylation is 2. The Bertz CT molecular complexity index is 933. The molecular formula is C23H28N4O3S. The maximum atomic E-state index is 12.6. The molecule has 2 heterocycles. The maximum absolute atomic E-state index is 12.6. The quantitative estimate of drug-likeness (QED) is 0.690. The van der Waals surface area contributed by atoms with Gasteiger partial charge in [-0.2, -0.15) is 0 Å². The number of anilines is 2. The molecule has 1 aliphatic rings. The molecule has 2 N–H and O–H groups in total. The van der Waals surface area contributed by atoms with Crippen LogP contribution >= 0.6 is 11.8 Å². The summed E-state index contributed by atoms with van der Waals surface area (Å²) in [6.45, 7) is 4.94. The molecule has 0 radical (unpaired) electrons. The molecule has 1 aliphatic heterocycles.